The van der Waals surface area contributed by atoms with Gasteiger partial charge in [0, 0.05) is 19.2 Å². The second kappa shape index (κ2) is 8.38. The number of ether oxygens (including phenoxy) is 2. The van der Waals surface area contributed by atoms with Gasteiger partial charge in [-0.15, -0.1) is 0 Å². The Hall–Kier alpha value is -2.08. The SMILES string of the molecule is COCCOc1ccc(NC(=O)CC(C)(C)CC(=O)O)cc1. The predicted octanol–water partition coefficient (Wildman–Crippen LogP) is 2.54. The minimum Gasteiger partial charge on any atom is -0.491 e. The first-order chi connectivity index (χ1) is 10.3. The number of carboxylic acid groups (broad SMARTS) is 1. The van der Waals surface area contributed by atoms with Crippen LogP contribution in [0.4, 0.5) is 5.69 Å². The van der Waals surface area contributed by atoms with Gasteiger partial charge in [-0.2, -0.15) is 0 Å². The van der Waals surface area contributed by atoms with Crippen LogP contribution in [0, 0.1) is 5.41 Å². The summed E-state index contributed by atoms with van der Waals surface area (Å²) >= 11 is 0. The largest absolute Gasteiger partial charge is 0.491 e. The number of amides is 1. The van der Waals surface area contributed by atoms with E-state index in [9.17, 15) is 9.59 Å². The third-order valence-corrected chi connectivity index (χ3v) is 2.96. The summed E-state index contributed by atoms with van der Waals surface area (Å²) in [5.41, 5.74) is 0.0641. The number of hydrogen-bond acceptors (Lipinski definition) is 4. The molecule has 0 spiro atoms. The first kappa shape index (κ1) is 18.0. The van der Waals surface area contributed by atoms with E-state index in [-0.39, 0.29) is 18.7 Å². The zero-order chi connectivity index (χ0) is 16.6. The molecule has 6 heteroatoms. The number of benzene rings is 1. The van der Waals surface area contributed by atoms with Crippen molar-refractivity contribution in [3.63, 3.8) is 0 Å². The molecule has 1 aromatic carbocycles. The topological polar surface area (TPSA) is 84.9 Å². The molecule has 122 valence electrons. The van der Waals surface area contributed by atoms with E-state index in [0.717, 1.165) is 0 Å². The standard InChI is InChI=1S/C16H23NO5/c1-16(2,11-15(19)20)10-14(18)17-12-4-6-13(7-5-12)22-9-8-21-3/h4-7H,8-11H2,1-3H3,(H,17,18)(H,19,20). The molecular formula is C16H23NO5. The summed E-state index contributed by atoms with van der Waals surface area (Å²) in [4.78, 5) is 22.7. The lowest BCUT2D eigenvalue weighted by molar-refractivity contribution is -0.139. The molecule has 0 fully saturated rings. The maximum atomic E-state index is 12.0. The van der Waals surface area contributed by atoms with Crippen LogP contribution < -0.4 is 10.1 Å². The van der Waals surface area contributed by atoms with Gasteiger partial charge in [0.2, 0.25) is 5.91 Å². The Morgan fingerprint density at radius 2 is 1.77 bits per heavy atom. The summed E-state index contributed by atoms with van der Waals surface area (Å²) in [7, 11) is 1.60. The molecule has 0 heterocycles. The summed E-state index contributed by atoms with van der Waals surface area (Å²) in [5.74, 6) is -0.420. The van der Waals surface area contributed by atoms with Crippen molar-refractivity contribution in [1.29, 1.82) is 0 Å². The number of carbonyl (C=O) groups excluding carboxylic acids is 1. The van der Waals surface area contributed by atoms with Crippen LogP contribution in [-0.4, -0.2) is 37.3 Å². The predicted molar refractivity (Wildman–Crippen MR) is 83.1 cm³/mol. The van der Waals surface area contributed by atoms with E-state index in [1.165, 1.54) is 0 Å². The molecule has 0 aromatic heterocycles. The summed E-state index contributed by atoms with van der Waals surface area (Å²) < 4.78 is 10.3. The van der Waals surface area contributed by atoms with Crippen LogP contribution in [0.25, 0.3) is 0 Å². The second-order valence-corrected chi connectivity index (χ2v) is 5.83. The van der Waals surface area contributed by atoms with E-state index in [1.54, 1.807) is 45.2 Å². The van der Waals surface area contributed by atoms with Crippen molar-refractivity contribution < 1.29 is 24.2 Å². The second-order valence-electron chi connectivity index (χ2n) is 5.83. The molecule has 6 nitrogen and oxygen atoms in total. The normalized spacial score (nSPS) is 11.0. The van der Waals surface area contributed by atoms with E-state index >= 15 is 0 Å². The fourth-order valence-electron chi connectivity index (χ4n) is 1.99. The summed E-state index contributed by atoms with van der Waals surface area (Å²) in [6, 6.07) is 7.00. The van der Waals surface area contributed by atoms with Crippen LogP contribution in [0.5, 0.6) is 5.75 Å². The highest BCUT2D eigenvalue weighted by atomic mass is 16.5. The van der Waals surface area contributed by atoms with Gasteiger partial charge in [-0.3, -0.25) is 9.59 Å². The molecule has 0 saturated heterocycles. The first-order valence-corrected chi connectivity index (χ1v) is 7.06. The van der Waals surface area contributed by atoms with Gasteiger partial charge in [-0.25, -0.2) is 0 Å². The number of aliphatic carboxylic acids is 1. The van der Waals surface area contributed by atoms with Crippen molar-refractivity contribution in [2.24, 2.45) is 5.41 Å². The minimum absolute atomic E-state index is 0.0489. The zero-order valence-electron chi connectivity index (χ0n) is 13.2. The van der Waals surface area contributed by atoms with Crippen molar-refractivity contribution in [3.8, 4) is 5.75 Å². The molecule has 0 bridgehead atoms. The van der Waals surface area contributed by atoms with Gasteiger partial charge in [-0.05, 0) is 29.7 Å². The highest BCUT2D eigenvalue weighted by Gasteiger charge is 2.25. The molecule has 0 aliphatic carbocycles. The molecule has 0 radical (unpaired) electrons. The van der Waals surface area contributed by atoms with Crippen LogP contribution in [0.2, 0.25) is 0 Å². The Morgan fingerprint density at radius 1 is 1.14 bits per heavy atom. The fraction of sp³-hybridized carbons (Fsp3) is 0.500. The summed E-state index contributed by atoms with van der Waals surface area (Å²) in [6.45, 7) is 4.49. The summed E-state index contributed by atoms with van der Waals surface area (Å²) in [6.07, 6.45) is 0.0953. The molecule has 2 N–H and O–H groups in total. The summed E-state index contributed by atoms with van der Waals surface area (Å²) in [5, 5.41) is 11.6. The average Bonchev–Trinajstić information content (AvgIpc) is 2.38. The average molecular weight is 309 g/mol. The van der Waals surface area contributed by atoms with Crippen LogP contribution >= 0.6 is 0 Å². The van der Waals surface area contributed by atoms with E-state index in [1.807, 2.05) is 0 Å². The first-order valence-electron chi connectivity index (χ1n) is 7.06. The molecule has 0 atom stereocenters. The highest BCUT2D eigenvalue weighted by Crippen LogP contribution is 2.26. The highest BCUT2D eigenvalue weighted by molar-refractivity contribution is 5.91. The van der Waals surface area contributed by atoms with Gasteiger partial charge in [-0.1, -0.05) is 13.8 Å². The van der Waals surface area contributed by atoms with Gasteiger partial charge >= 0.3 is 5.97 Å². The van der Waals surface area contributed by atoms with Crippen molar-refractivity contribution >= 4 is 17.6 Å². The molecular weight excluding hydrogens is 286 g/mol. The number of rotatable bonds is 9. The van der Waals surface area contributed by atoms with E-state index in [4.69, 9.17) is 14.6 Å². The number of hydrogen-bond donors (Lipinski definition) is 2. The third kappa shape index (κ3) is 7.08. The number of carboxylic acids is 1. The van der Waals surface area contributed by atoms with E-state index in [0.29, 0.717) is 24.7 Å². The Balaban J connectivity index is 2.49. The van der Waals surface area contributed by atoms with Crippen LogP contribution in [-0.2, 0) is 14.3 Å². The number of carbonyl (C=O) groups is 2. The van der Waals surface area contributed by atoms with Crippen molar-refractivity contribution in [1.82, 2.24) is 0 Å². The Kier molecular flexibility index (Phi) is 6.85. The Labute approximate surface area is 130 Å². The lowest BCUT2D eigenvalue weighted by Gasteiger charge is -2.21. The maximum Gasteiger partial charge on any atom is 0.303 e. The minimum atomic E-state index is -0.907. The Morgan fingerprint density at radius 3 is 2.32 bits per heavy atom. The van der Waals surface area contributed by atoms with Crippen LogP contribution in [0.15, 0.2) is 24.3 Å². The van der Waals surface area contributed by atoms with Crippen molar-refractivity contribution in [3.05, 3.63) is 24.3 Å². The van der Waals surface area contributed by atoms with Gasteiger partial charge < -0.3 is 19.9 Å². The number of nitrogens with one attached hydrogen (secondary N) is 1. The molecule has 22 heavy (non-hydrogen) atoms. The number of methoxy groups -OCH3 is 1. The monoisotopic (exact) mass is 309 g/mol. The molecule has 1 amide bonds. The fourth-order valence-corrected chi connectivity index (χ4v) is 1.99. The van der Waals surface area contributed by atoms with Gasteiger partial charge in [0.25, 0.3) is 0 Å². The Bertz CT molecular complexity index is 496. The van der Waals surface area contributed by atoms with E-state index in [2.05, 4.69) is 5.32 Å². The van der Waals surface area contributed by atoms with Crippen molar-refractivity contribution in [2.45, 2.75) is 26.7 Å². The molecule has 0 saturated carbocycles. The molecule has 1 aromatic rings. The maximum absolute atomic E-state index is 12.0. The van der Waals surface area contributed by atoms with Gasteiger partial charge in [0.1, 0.15) is 12.4 Å². The van der Waals surface area contributed by atoms with E-state index < -0.39 is 11.4 Å². The lowest BCUT2D eigenvalue weighted by Crippen LogP contribution is -2.24. The van der Waals surface area contributed by atoms with Gasteiger partial charge in [0.15, 0.2) is 0 Å². The smallest absolute Gasteiger partial charge is 0.303 e. The molecule has 0 aliphatic heterocycles. The van der Waals surface area contributed by atoms with Crippen LogP contribution in [0.1, 0.15) is 26.7 Å². The van der Waals surface area contributed by atoms with Gasteiger partial charge in [0.05, 0.1) is 13.0 Å². The third-order valence-electron chi connectivity index (χ3n) is 2.96. The molecule has 0 aliphatic rings. The lowest BCUT2D eigenvalue weighted by atomic mass is 9.85. The van der Waals surface area contributed by atoms with Crippen molar-refractivity contribution in [2.75, 3.05) is 25.6 Å². The van der Waals surface area contributed by atoms with Crippen LogP contribution in [0.3, 0.4) is 0 Å². The molecule has 0 unspecified atom stereocenters. The molecule has 1 rings (SSSR count). The quantitative estimate of drug-likeness (QED) is 0.685. The zero-order valence-corrected chi connectivity index (χ0v) is 13.2. The number of anilines is 1.